The van der Waals surface area contributed by atoms with Gasteiger partial charge in [-0.2, -0.15) is 0 Å². The number of carbonyl (C=O) groups excluding carboxylic acids is 2. The molecule has 0 unspecified atom stereocenters. The van der Waals surface area contributed by atoms with Gasteiger partial charge < -0.3 is 20.3 Å². The molecule has 0 saturated carbocycles. The van der Waals surface area contributed by atoms with Crippen molar-refractivity contribution in [3.05, 3.63) is 29.8 Å². The number of piperidine rings is 1. The predicted octanol–water partition coefficient (Wildman–Crippen LogP) is 2.96. The Labute approximate surface area is 149 Å². The zero-order valence-corrected chi connectivity index (χ0v) is 15.4. The molecule has 0 radical (unpaired) electrons. The van der Waals surface area contributed by atoms with E-state index < -0.39 is 0 Å². The minimum atomic E-state index is -0.265. The van der Waals surface area contributed by atoms with Gasteiger partial charge in [-0.05, 0) is 43.4 Å². The summed E-state index contributed by atoms with van der Waals surface area (Å²) in [5, 5.41) is 6.18. The van der Waals surface area contributed by atoms with Crippen LogP contribution < -0.4 is 10.6 Å². The molecule has 1 aliphatic rings. The summed E-state index contributed by atoms with van der Waals surface area (Å²) in [6, 6.07) is 8.27. The van der Waals surface area contributed by atoms with Crippen LogP contribution in [-0.4, -0.2) is 49.2 Å². The predicted molar refractivity (Wildman–Crippen MR) is 98.8 cm³/mol. The second-order valence-corrected chi connectivity index (χ2v) is 6.66. The summed E-state index contributed by atoms with van der Waals surface area (Å²) in [6.07, 6.45) is 1.25. The molecule has 1 aromatic carbocycles. The lowest BCUT2D eigenvalue weighted by Crippen LogP contribution is -2.47. The molecule has 25 heavy (non-hydrogen) atoms. The van der Waals surface area contributed by atoms with Crippen molar-refractivity contribution in [2.75, 3.05) is 31.6 Å². The summed E-state index contributed by atoms with van der Waals surface area (Å²) in [5.74, 6) is 0.473. The monoisotopic (exact) mass is 347 g/mol. The van der Waals surface area contributed by atoms with Gasteiger partial charge in [0.25, 0.3) is 0 Å². The van der Waals surface area contributed by atoms with Crippen molar-refractivity contribution in [2.45, 2.75) is 45.6 Å². The van der Waals surface area contributed by atoms with Crippen LogP contribution in [0, 0.1) is 0 Å². The molecule has 0 bridgehead atoms. The first-order valence-corrected chi connectivity index (χ1v) is 9.04. The fraction of sp³-hybridized carbons (Fsp3) is 0.579. The lowest BCUT2D eigenvalue weighted by Gasteiger charge is -2.31. The van der Waals surface area contributed by atoms with Gasteiger partial charge in [-0.15, -0.1) is 0 Å². The highest BCUT2D eigenvalue weighted by Gasteiger charge is 2.24. The van der Waals surface area contributed by atoms with Crippen molar-refractivity contribution in [1.29, 1.82) is 0 Å². The number of benzene rings is 1. The number of amides is 2. The minimum absolute atomic E-state index is 0.0254. The molecule has 0 aliphatic carbocycles. The van der Waals surface area contributed by atoms with Crippen LogP contribution in [0.15, 0.2) is 24.3 Å². The van der Waals surface area contributed by atoms with Gasteiger partial charge in [0, 0.05) is 24.8 Å². The maximum absolute atomic E-state index is 12.1. The molecule has 1 fully saturated rings. The van der Waals surface area contributed by atoms with Crippen LogP contribution in [0.4, 0.5) is 10.5 Å². The van der Waals surface area contributed by atoms with Crippen LogP contribution in [0.25, 0.3) is 0 Å². The first-order valence-electron chi connectivity index (χ1n) is 9.04. The van der Waals surface area contributed by atoms with Gasteiger partial charge in [-0.1, -0.05) is 26.0 Å². The molecule has 2 amide bonds. The van der Waals surface area contributed by atoms with Crippen molar-refractivity contribution in [3.63, 3.8) is 0 Å². The van der Waals surface area contributed by atoms with Crippen molar-refractivity contribution < 1.29 is 14.3 Å². The molecule has 0 aromatic heterocycles. The van der Waals surface area contributed by atoms with Crippen LogP contribution in [0.1, 0.15) is 45.1 Å². The molecule has 0 spiro atoms. The van der Waals surface area contributed by atoms with Gasteiger partial charge in [0.05, 0.1) is 13.2 Å². The third-order valence-electron chi connectivity index (χ3n) is 4.42. The molecular formula is C19H29N3O3. The van der Waals surface area contributed by atoms with Crippen LogP contribution in [0.2, 0.25) is 0 Å². The zero-order chi connectivity index (χ0) is 18.2. The van der Waals surface area contributed by atoms with Gasteiger partial charge in [-0.25, -0.2) is 4.79 Å². The third kappa shape index (κ3) is 5.96. The number of likely N-dealkylation sites (tertiary alicyclic amines) is 1. The summed E-state index contributed by atoms with van der Waals surface area (Å²) in [4.78, 5) is 25.5. The van der Waals surface area contributed by atoms with Crippen LogP contribution in [0.3, 0.4) is 0 Å². The van der Waals surface area contributed by atoms with E-state index >= 15 is 0 Å². The van der Waals surface area contributed by atoms with E-state index in [9.17, 15) is 9.59 Å². The van der Waals surface area contributed by atoms with E-state index in [1.807, 2.05) is 12.1 Å². The number of nitrogens with one attached hydrogen (secondary N) is 2. The number of hydrogen-bond donors (Lipinski definition) is 2. The SMILES string of the molecule is CCOC(=O)N1CCC(NC(=O)CNc2ccc(C(C)C)cc2)CC1. The Balaban J connectivity index is 1.70. The quantitative estimate of drug-likeness (QED) is 0.830. The van der Waals surface area contributed by atoms with E-state index in [2.05, 4.69) is 36.6 Å². The Bertz CT molecular complexity index is 564. The lowest BCUT2D eigenvalue weighted by molar-refractivity contribution is -0.120. The average Bonchev–Trinajstić information content (AvgIpc) is 2.61. The molecule has 1 aliphatic heterocycles. The molecule has 2 rings (SSSR count). The van der Waals surface area contributed by atoms with Gasteiger partial charge >= 0.3 is 6.09 Å². The molecule has 6 nitrogen and oxygen atoms in total. The summed E-state index contributed by atoms with van der Waals surface area (Å²) in [7, 11) is 0. The Morgan fingerprint density at radius 3 is 2.40 bits per heavy atom. The lowest BCUT2D eigenvalue weighted by atomic mass is 10.0. The molecule has 138 valence electrons. The number of ether oxygens (including phenoxy) is 1. The Morgan fingerprint density at radius 2 is 1.84 bits per heavy atom. The number of nitrogens with zero attached hydrogens (tertiary/aromatic N) is 1. The van der Waals surface area contributed by atoms with Gasteiger partial charge in [-0.3, -0.25) is 4.79 Å². The average molecular weight is 347 g/mol. The van der Waals surface area contributed by atoms with Crippen LogP contribution in [-0.2, 0) is 9.53 Å². The molecule has 2 N–H and O–H groups in total. The van der Waals surface area contributed by atoms with Gasteiger partial charge in [0.15, 0.2) is 0 Å². The van der Waals surface area contributed by atoms with Gasteiger partial charge in [0.1, 0.15) is 0 Å². The van der Waals surface area contributed by atoms with E-state index in [1.165, 1.54) is 5.56 Å². The van der Waals surface area contributed by atoms with E-state index in [0.717, 1.165) is 18.5 Å². The van der Waals surface area contributed by atoms with E-state index in [1.54, 1.807) is 11.8 Å². The van der Waals surface area contributed by atoms with Crippen molar-refractivity contribution in [3.8, 4) is 0 Å². The highest BCUT2D eigenvalue weighted by Crippen LogP contribution is 2.17. The summed E-state index contributed by atoms with van der Waals surface area (Å²) >= 11 is 0. The normalized spacial score (nSPS) is 15.1. The smallest absolute Gasteiger partial charge is 0.409 e. The highest BCUT2D eigenvalue weighted by atomic mass is 16.6. The first-order chi connectivity index (χ1) is 12.0. The van der Waals surface area contributed by atoms with Crippen LogP contribution in [0.5, 0.6) is 0 Å². The number of rotatable bonds is 6. The maximum Gasteiger partial charge on any atom is 0.409 e. The van der Waals surface area contributed by atoms with Crippen molar-refractivity contribution in [1.82, 2.24) is 10.2 Å². The number of anilines is 1. The minimum Gasteiger partial charge on any atom is -0.450 e. The fourth-order valence-electron chi connectivity index (χ4n) is 2.87. The summed E-state index contributed by atoms with van der Waals surface area (Å²) in [6.45, 7) is 7.99. The van der Waals surface area contributed by atoms with Crippen LogP contribution >= 0.6 is 0 Å². The molecule has 1 aromatic rings. The number of hydrogen-bond acceptors (Lipinski definition) is 4. The Morgan fingerprint density at radius 1 is 1.20 bits per heavy atom. The summed E-state index contributed by atoms with van der Waals surface area (Å²) < 4.78 is 5.00. The van der Waals surface area contributed by atoms with E-state index in [-0.39, 0.29) is 24.6 Å². The number of carbonyl (C=O) groups is 2. The van der Waals surface area contributed by atoms with E-state index in [4.69, 9.17) is 4.74 Å². The van der Waals surface area contributed by atoms with Crippen molar-refractivity contribution in [2.24, 2.45) is 0 Å². The molecule has 1 heterocycles. The van der Waals surface area contributed by atoms with E-state index in [0.29, 0.717) is 25.6 Å². The second kappa shape index (κ2) is 9.30. The largest absolute Gasteiger partial charge is 0.450 e. The molecule has 6 heteroatoms. The first kappa shape index (κ1) is 19.1. The highest BCUT2D eigenvalue weighted by molar-refractivity contribution is 5.81. The molecular weight excluding hydrogens is 318 g/mol. The standard InChI is InChI=1S/C19H29N3O3/c1-4-25-19(24)22-11-9-17(10-12-22)21-18(23)13-20-16-7-5-15(6-8-16)14(2)3/h5-8,14,17,20H,4,9-13H2,1-3H3,(H,21,23). The fourth-order valence-corrected chi connectivity index (χ4v) is 2.87. The second-order valence-electron chi connectivity index (χ2n) is 6.66. The Kier molecular flexibility index (Phi) is 7.10. The van der Waals surface area contributed by atoms with Crippen molar-refractivity contribution >= 4 is 17.7 Å². The third-order valence-corrected chi connectivity index (χ3v) is 4.42. The molecule has 1 saturated heterocycles. The zero-order valence-electron chi connectivity index (χ0n) is 15.4. The summed E-state index contributed by atoms with van der Waals surface area (Å²) in [5.41, 5.74) is 2.22. The molecule has 0 atom stereocenters. The topological polar surface area (TPSA) is 70.7 Å². The Hall–Kier alpha value is -2.24. The van der Waals surface area contributed by atoms with Gasteiger partial charge in [0.2, 0.25) is 5.91 Å². The maximum atomic E-state index is 12.1.